The summed E-state index contributed by atoms with van der Waals surface area (Å²) in [6.45, 7) is 5.34. The van der Waals surface area contributed by atoms with Crippen molar-refractivity contribution in [2.24, 2.45) is 5.92 Å². The Kier molecular flexibility index (Phi) is 3.87. The van der Waals surface area contributed by atoms with Crippen LogP contribution in [0.3, 0.4) is 0 Å². The van der Waals surface area contributed by atoms with Gasteiger partial charge in [0.1, 0.15) is 5.75 Å². The van der Waals surface area contributed by atoms with Crippen molar-refractivity contribution >= 4 is 5.69 Å². The van der Waals surface area contributed by atoms with Crippen molar-refractivity contribution in [2.45, 2.75) is 26.7 Å². The molecule has 0 spiro atoms. The van der Waals surface area contributed by atoms with Crippen LogP contribution in [0.2, 0.25) is 0 Å². The second-order valence-corrected chi connectivity index (χ2v) is 6.08. The fourth-order valence-corrected chi connectivity index (χ4v) is 3.17. The minimum absolute atomic E-state index is 0.644. The Morgan fingerprint density at radius 3 is 2.57 bits per heavy atom. The average molecular weight is 281 g/mol. The summed E-state index contributed by atoms with van der Waals surface area (Å²) in [5.41, 5.74) is 6.71. The minimum Gasteiger partial charge on any atom is -0.495 e. The van der Waals surface area contributed by atoms with Gasteiger partial charge in [0.25, 0.3) is 0 Å². The number of rotatable bonds is 3. The van der Waals surface area contributed by atoms with Crippen LogP contribution in [0.25, 0.3) is 0 Å². The molecular formula is C19H23NO. The van der Waals surface area contributed by atoms with Gasteiger partial charge in [0.05, 0.1) is 12.8 Å². The molecule has 0 bridgehead atoms. The molecule has 1 unspecified atom stereocenters. The smallest absolute Gasteiger partial charge is 0.142 e. The van der Waals surface area contributed by atoms with Crippen molar-refractivity contribution in [3.63, 3.8) is 0 Å². The van der Waals surface area contributed by atoms with Crippen LogP contribution in [0.4, 0.5) is 5.69 Å². The van der Waals surface area contributed by atoms with Crippen LogP contribution < -0.4 is 10.1 Å². The molecule has 0 amide bonds. The van der Waals surface area contributed by atoms with Crippen LogP contribution in [-0.2, 0) is 12.8 Å². The van der Waals surface area contributed by atoms with Crippen LogP contribution in [0, 0.1) is 19.8 Å². The van der Waals surface area contributed by atoms with Crippen molar-refractivity contribution in [2.75, 3.05) is 19.0 Å². The predicted molar refractivity (Wildman–Crippen MR) is 88.3 cm³/mol. The molecule has 2 aromatic carbocycles. The first-order valence-electron chi connectivity index (χ1n) is 7.63. The van der Waals surface area contributed by atoms with Crippen molar-refractivity contribution in [1.82, 2.24) is 0 Å². The number of anilines is 1. The van der Waals surface area contributed by atoms with Gasteiger partial charge in [-0.05, 0) is 55.4 Å². The lowest BCUT2D eigenvalue weighted by Gasteiger charge is -2.29. The summed E-state index contributed by atoms with van der Waals surface area (Å²) in [7, 11) is 1.74. The zero-order chi connectivity index (χ0) is 14.8. The van der Waals surface area contributed by atoms with E-state index in [1.807, 2.05) is 0 Å². The lowest BCUT2D eigenvalue weighted by atomic mass is 9.86. The SMILES string of the molecule is COc1ccc(C)c2c1NCC(Cc1ccc(C)cc1)C2. The maximum absolute atomic E-state index is 5.47. The molecular weight excluding hydrogens is 258 g/mol. The monoisotopic (exact) mass is 281 g/mol. The average Bonchev–Trinajstić information content (AvgIpc) is 2.50. The van der Waals surface area contributed by atoms with Gasteiger partial charge in [0, 0.05) is 6.54 Å². The Labute approximate surface area is 127 Å². The predicted octanol–water partition coefficient (Wildman–Crippen LogP) is 4.14. The van der Waals surface area contributed by atoms with E-state index in [9.17, 15) is 0 Å². The Morgan fingerprint density at radius 1 is 1.10 bits per heavy atom. The quantitative estimate of drug-likeness (QED) is 0.913. The Hall–Kier alpha value is -1.96. The second-order valence-electron chi connectivity index (χ2n) is 6.08. The Morgan fingerprint density at radius 2 is 1.86 bits per heavy atom. The summed E-state index contributed by atoms with van der Waals surface area (Å²) in [5, 5.41) is 3.58. The molecule has 0 aromatic heterocycles. The van der Waals surface area contributed by atoms with E-state index in [2.05, 4.69) is 55.6 Å². The molecule has 3 rings (SSSR count). The van der Waals surface area contributed by atoms with E-state index in [-0.39, 0.29) is 0 Å². The third kappa shape index (κ3) is 2.90. The van der Waals surface area contributed by atoms with Crippen LogP contribution in [-0.4, -0.2) is 13.7 Å². The number of nitrogens with one attached hydrogen (secondary N) is 1. The van der Waals surface area contributed by atoms with Gasteiger partial charge in [-0.15, -0.1) is 0 Å². The Bertz CT molecular complexity index is 631. The molecule has 110 valence electrons. The summed E-state index contributed by atoms with van der Waals surface area (Å²) < 4.78 is 5.47. The highest BCUT2D eigenvalue weighted by Gasteiger charge is 2.22. The number of benzene rings is 2. The Balaban J connectivity index is 1.79. The summed E-state index contributed by atoms with van der Waals surface area (Å²) in [5.74, 6) is 1.61. The highest BCUT2D eigenvalue weighted by atomic mass is 16.5. The lowest BCUT2D eigenvalue weighted by molar-refractivity contribution is 0.413. The standard InChI is InChI=1S/C19H23NO/c1-13-4-7-15(8-5-13)10-16-11-17-14(2)6-9-18(21-3)19(17)20-12-16/h4-9,16,20H,10-12H2,1-3H3. The number of ether oxygens (including phenoxy) is 1. The summed E-state index contributed by atoms with van der Waals surface area (Å²) in [6, 6.07) is 13.1. The van der Waals surface area contributed by atoms with E-state index in [1.165, 1.54) is 27.9 Å². The van der Waals surface area contributed by atoms with Crippen LogP contribution >= 0.6 is 0 Å². The van der Waals surface area contributed by atoms with Crippen molar-refractivity contribution in [3.05, 3.63) is 58.7 Å². The molecule has 0 saturated heterocycles. The minimum atomic E-state index is 0.644. The molecule has 0 saturated carbocycles. The summed E-state index contributed by atoms with van der Waals surface area (Å²) in [6.07, 6.45) is 2.25. The zero-order valence-electron chi connectivity index (χ0n) is 13.1. The number of hydrogen-bond acceptors (Lipinski definition) is 2. The van der Waals surface area contributed by atoms with Gasteiger partial charge in [-0.25, -0.2) is 0 Å². The van der Waals surface area contributed by atoms with Gasteiger partial charge >= 0.3 is 0 Å². The molecule has 1 heterocycles. The third-order valence-corrected chi connectivity index (χ3v) is 4.43. The topological polar surface area (TPSA) is 21.3 Å². The van der Waals surface area contributed by atoms with E-state index < -0.39 is 0 Å². The molecule has 1 aliphatic rings. The van der Waals surface area contributed by atoms with E-state index in [1.54, 1.807) is 7.11 Å². The van der Waals surface area contributed by atoms with Crippen molar-refractivity contribution in [3.8, 4) is 5.75 Å². The van der Waals surface area contributed by atoms with Crippen LogP contribution in [0.1, 0.15) is 22.3 Å². The maximum atomic E-state index is 5.47. The molecule has 2 nitrogen and oxygen atoms in total. The summed E-state index contributed by atoms with van der Waals surface area (Å²) >= 11 is 0. The van der Waals surface area contributed by atoms with E-state index >= 15 is 0 Å². The molecule has 1 aliphatic heterocycles. The molecule has 2 aromatic rings. The normalized spacial score (nSPS) is 17.0. The second kappa shape index (κ2) is 5.80. The van der Waals surface area contributed by atoms with Gasteiger partial charge in [-0.1, -0.05) is 35.9 Å². The fourth-order valence-electron chi connectivity index (χ4n) is 3.17. The third-order valence-electron chi connectivity index (χ3n) is 4.43. The molecule has 1 N–H and O–H groups in total. The van der Waals surface area contributed by atoms with Gasteiger partial charge in [-0.2, -0.15) is 0 Å². The zero-order valence-corrected chi connectivity index (χ0v) is 13.1. The number of fused-ring (bicyclic) bond motifs is 1. The van der Waals surface area contributed by atoms with Gasteiger partial charge in [0.15, 0.2) is 0 Å². The van der Waals surface area contributed by atoms with Gasteiger partial charge in [0.2, 0.25) is 0 Å². The number of methoxy groups -OCH3 is 1. The van der Waals surface area contributed by atoms with E-state index in [0.29, 0.717) is 5.92 Å². The molecule has 2 heteroatoms. The summed E-state index contributed by atoms with van der Waals surface area (Å²) in [4.78, 5) is 0. The highest BCUT2D eigenvalue weighted by Crippen LogP contribution is 2.36. The van der Waals surface area contributed by atoms with Gasteiger partial charge in [-0.3, -0.25) is 0 Å². The lowest BCUT2D eigenvalue weighted by Crippen LogP contribution is -2.26. The molecule has 0 aliphatic carbocycles. The largest absolute Gasteiger partial charge is 0.495 e. The first-order valence-corrected chi connectivity index (χ1v) is 7.63. The molecule has 0 radical (unpaired) electrons. The van der Waals surface area contributed by atoms with Crippen molar-refractivity contribution in [1.29, 1.82) is 0 Å². The van der Waals surface area contributed by atoms with Gasteiger partial charge < -0.3 is 10.1 Å². The molecule has 1 atom stereocenters. The highest BCUT2D eigenvalue weighted by molar-refractivity contribution is 5.66. The maximum Gasteiger partial charge on any atom is 0.142 e. The number of aryl methyl sites for hydroxylation is 2. The first kappa shape index (κ1) is 14.0. The first-order chi connectivity index (χ1) is 10.2. The van der Waals surface area contributed by atoms with Crippen molar-refractivity contribution < 1.29 is 4.74 Å². The molecule has 21 heavy (non-hydrogen) atoms. The fraction of sp³-hybridized carbons (Fsp3) is 0.368. The van der Waals surface area contributed by atoms with Crippen LogP contribution in [0.5, 0.6) is 5.75 Å². The number of hydrogen-bond donors (Lipinski definition) is 1. The molecule has 0 fully saturated rings. The van der Waals surface area contributed by atoms with E-state index in [4.69, 9.17) is 4.74 Å². The van der Waals surface area contributed by atoms with Crippen LogP contribution in [0.15, 0.2) is 36.4 Å². The van der Waals surface area contributed by atoms with E-state index in [0.717, 1.165) is 25.1 Å².